The molecule has 0 radical (unpaired) electrons. The monoisotopic (exact) mass is 349 g/mol. The minimum Gasteiger partial charge on any atom is -0.376 e. The third-order valence-corrected chi connectivity index (χ3v) is 5.27. The first kappa shape index (κ1) is 16.1. The lowest BCUT2D eigenvalue weighted by Gasteiger charge is -2.51. The highest BCUT2D eigenvalue weighted by Gasteiger charge is 2.48. The van der Waals surface area contributed by atoms with Crippen molar-refractivity contribution in [3.05, 3.63) is 40.8 Å². The van der Waals surface area contributed by atoms with Crippen LogP contribution >= 0.6 is 11.6 Å². The van der Waals surface area contributed by atoms with Crippen molar-refractivity contribution in [2.75, 3.05) is 19.8 Å². The van der Waals surface area contributed by atoms with Crippen LogP contribution in [0, 0.1) is 5.82 Å². The molecule has 4 rings (SSSR count). The van der Waals surface area contributed by atoms with Gasteiger partial charge >= 0.3 is 0 Å². The summed E-state index contributed by atoms with van der Waals surface area (Å²) in [6.07, 6.45) is 0. The van der Waals surface area contributed by atoms with E-state index < -0.39 is 5.82 Å². The van der Waals surface area contributed by atoms with E-state index in [1.165, 1.54) is 6.07 Å². The first-order valence-electron chi connectivity index (χ1n) is 8.16. The molecule has 1 aromatic heterocycles. The molecule has 2 aliphatic rings. The van der Waals surface area contributed by atoms with Gasteiger partial charge in [-0.25, -0.2) is 4.39 Å². The third kappa shape index (κ3) is 2.46. The summed E-state index contributed by atoms with van der Waals surface area (Å²) in [4.78, 5) is 2.47. The van der Waals surface area contributed by atoms with Gasteiger partial charge in [0.1, 0.15) is 11.4 Å². The van der Waals surface area contributed by atoms with Crippen LogP contribution in [0.15, 0.2) is 24.3 Å². The van der Waals surface area contributed by atoms with Gasteiger partial charge in [0.05, 0.1) is 29.6 Å². The Morgan fingerprint density at radius 1 is 1.25 bits per heavy atom. The van der Waals surface area contributed by atoms with E-state index in [1.54, 1.807) is 12.1 Å². The predicted octanol–water partition coefficient (Wildman–Crippen LogP) is 3.68. The van der Waals surface area contributed by atoms with Gasteiger partial charge in [-0.15, -0.1) is 0 Å². The summed E-state index contributed by atoms with van der Waals surface area (Å²) in [6.45, 7) is 9.81. The topological polar surface area (TPSA) is 30.3 Å². The molecule has 0 atom stereocenters. The maximum atomic E-state index is 13.4. The number of halogens is 2. The standard InChI is InChI=1S/C18H21ClFN3O/c1-17(2,3)22-8-13-7-16(12-4-5-15(20)14(19)6-12)21-23(13)18(9-22)10-24-11-18/h4-7H,8-11H2,1-3H3. The number of ether oxygens (including phenoxy) is 1. The quantitative estimate of drug-likeness (QED) is 0.786. The minimum atomic E-state index is -0.410. The molecule has 4 nitrogen and oxygen atoms in total. The Labute approximate surface area is 146 Å². The lowest BCUT2D eigenvalue weighted by atomic mass is 9.91. The zero-order valence-electron chi connectivity index (χ0n) is 14.1. The fourth-order valence-corrected chi connectivity index (χ4v) is 3.62. The van der Waals surface area contributed by atoms with Gasteiger partial charge < -0.3 is 4.74 Å². The van der Waals surface area contributed by atoms with Crippen molar-refractivity contribution in [1.29, 1.82) is 0 Å². The van der Waals surface area contributed by atoms with Crippen molar-refractivity contribution < 1.29 is 9.13 Å². The van der Waals surface area contributed by atoms with Gasteiger partial charge in [-0.2, -0.15) is 5.10 Å². The molecular formula is C18H21ClFN3O. The van der Waals surface area contributed by atoms with Crippen LogP contribution in [0.5, 0.6) is 0 Å². The maximum absolute atomic E-state index is 13.4. The molecule has 3 heterocycles. The molecule has 0 amide bonds. The van der Waals surface area contributed by atoms with Crippen molar-refractivity contribution >= 4 is 11.6 Å². The van der Waals surface area contributed by atoms with Gasteiger partial charge in [0.25, 0.3) is 0 Å². The van der Waals surface area contributed by atoms with Gasteiger partial charge in [-0.3, -0.25) is 9.58 Å². The highest BCUT2D eigenvalue weighted by Crippen LogP contribution is 2.37. The number of nitrogens with zero attached hydrogens (tertiary/aromatic N) is 3. The van der Waals surface area contributed by atoms with E-state index in [1.807, 2.05) is 0 Å². The fourth-order valence-electron chi connectivity index (χ4n) is 3.44. The molecule has 1 aromatic carbocycles. The number of hydrogen-bond donors (Lipinski definition) is 0. The summed E-state index contributed by atoms with van der Waals surface area (Å²) in [5.41, 5.74) is 2.81. The van der Waals surface area contributed by atoms with Crippen LogP contribution in [0.25, 0.3) is 11.3 Å². The molecule has 0 aliphatic carbocycles. The SMILES string of the molecule is CC(C)(C)N1Cc2cc(-c3ccc(F)c(Cl)c3)nn2C2(COC2)C1. The summed E-state index contributed by atoms with van der Waals surface area (Å²) in [7, 11) is 0. The van der Waals surface area contributed by atoms with Crippen LogP contribution in [0.2, 0.25) is 5.02 Å². The van der Waals surface area contributed by atoms with Crippen LogP contribution in [0.4, 0.5) is 4.39 Å². The molecule has 1 saturated heterocycles. The Morgan fingerprint density at radius 2 is 2.00 bits per heavy atom. The molecule has 6 heteroatoms. The van der Waals surface area contributed by atoms with Crippen molar-refractivity contribution in [2.24, 2.45) is 0 Å². The van der Waals surface area contributed by atoms with Gasteiger partial charge in [0.2, 0.25) is 0 Å². The first-order chi connectivity index (χ1) is 11.3. The molecule has 128 valence electrons. The van der Waals surface area contributed by atoms with E-state index in [2.05, 4.69) is 36.4 Å². The Bertz CT molecular complexity index is 792. The van der Waals surface area contributed by atoms with Crippen LogP contribution in [0.1, 0.15) is 26.5 Å². The van der Waals surface area contributed by atoms with Gasteiger partial charge in [-0.05, 0) is 45.0 Å². The smallest absolute Gasteiger partial charge is 0.141 e. The second kappa shape index (κ2) is 5.28. The molecule has 0 saturated carbocycles. The number of rotatable bonds is 1. The minimum absolute atomic E-state index is 0.0808. The van der Waals surface area contributed by atoms with E-state index in [-0.39, 0.29) is 16.1 Å². The Morgan fingerprint density at radius 3 is 2.58 bits per heavy atom. The van der Waals surface area contributed by atoms with Gasteiger partial charge in [0, 0.05) is 24.2 Å². The summed E-state index contributed by atoms with van der Waals surface area (Å²) in [6, 6.07) is 6.83. The van der Waals surface area contributed by atoms with Crippen molar-refractivity contribution in [3.8, 4) is 11.3 Å². The van der Waals surface area contributed by atoms with Crippen LogP contribution < -0.4 is 0 Å². The van der Waals surface area contributed by atoms with Crippen LogP contribution in [-0.4, -0.2) is 40.0 Å². The summed E-state index contributed by atoms with van der Waals surface area (Å²) in [5, 5.41) is 4.93. The molecule has 0 N–H and O–H groups in total. The molecule has 2 aromatic rings. The lowest BCUT2D eigenvalue weighted by molar-refractivity contribution is -0.143. The van der Waals surface area contributed by atoms with Crippen molar-refractivity contribution in [3.63, 3.8) is 0 Å². The van der Waals surface area contributed by atoms with Crippen LogP contribution in [0.3, 0.4) is 0 Å². The van der Waals surface area contributed by atoms with Crippen molar-refractivity contribution in [2.45, 2.75) is 38.4 Å². The number of benzene rings is 1. The Kier molecular flexibility index (Phi) is 3.53. The second-order valence-corrected chi connectivity index (χ2v) is 8.21. The third-order valence-electron chi connectivity index (χ3n) is 4.98. The summed E-state index contributed by atoms with van der Waals surface area (Å²) in [5.74, 6) is -0.410. The van der Waals surface area contributed by atoms with Crippen molar-refractivity contribution in [1.82, 2.24) is 14.7 Å². The summed E-state index contributed by atoms with van der Waals surface area (Å²) < 4.78 is 21.1. The van der Waals surface area contributed by atoms with Gasteiger partial charge in [-0.1, -0.05) is 11.6 Å². The van der Waals surface area contributed by atoms with E-state index >= 15 is 0 Å². The zero-order chi connectivity index (χ0) is 17.1. The molecule has 0 bridgehead atoms. The number of aromatic nitrogens is 2. The molecule has 0 unspecified atom stereocenters. The first-order valence-corrected chi connectivity index (χ1v) is 8.54. The maximum Gasteiger partial charge on any atom is 0.141 e. The number of fused-ring (bicyclic) bond motifs is 2. The largest absolute Gasteiger partial charge is 0.376 e. The fraction of sp³-hybridized carbons (Fsp3) is 0.500. The van der Waals surface area contributed by atoms with E-state index in [4.69, 9.17) is 21.4 Å². The molecular weight excluding hydrogens is 329 g/mol. The second-order valence-electron chi connectivity index (χ2n) is 7.81. The number of hydrogen-bond acceptors (Lipinski definition) is 3. The van der Waals surface area contributed by atoms with E-state index in [0.717, 1.165) is 30.0 Å². The van der Waals surface area contributed by atoms with Crippen LogP contribution in [-0.2, 0) is 16.8 Å². The molecule has 2 aliphatic heterocycles. The normalized spacial score (nSPS) is 20.0. The Balaban J connectivity index is 1.76. The molecule has 1 fully saturated rings. The Hall–Kier alpha value is -1.43. The highest BCUT2D eigenvalue weighted by molar-refractivity contribution is 6.31. The predicted molar refractivity (Wildman–Crippen MR) is 91.6 cm³/mol. The zero-order valence-corrected chi connectivity index (χ0v) is 14.9. The molecule has 24 heavy (non-hydrogen) atoms. The van der Waals surface area contributed by atoms with E-state index in [9.17, 15) is 4.39 Å². The highest BCUT2D eigenvalue weighted by atomic mass is 35.5. The molecule has 1 spiro atoms. The average Bonchev–Trinajstić information content (AvgIpc) is 2.90. The average molecular weight is 350 g/mol. The summed E-state index contributed by atoms with van der Waals surface area (Å²) >= 11 is 5.93. The van der Waals surface area contributed by atoms with E-state index in [0.29, 0.717) is 13.2 Å². The lowest BCUT2D eigenvalue weighted by Crippen LogP contribution is -2.64. The van der Waals surface area contributed by atoms with Gasteiger partial charge in [0.15, 0.2) is 0 Å².